The number of hydrogen-bond acceptors (Lipinski definition) is 1. The molecule has 0 saturated carbocycles. The molecule has 0 aliphatic heterocycles. The van der Waals surface area contributed by atoms with Gasteiger partial charge in [-0.15, -0.1) is 0 Å². The van der Waals surface area contributed by atoms with Crippen molar-refractivity contribution in [2.45, 2.75) is 40.5 Å². The first-order valence-electron chi connectivity index (χ1n) is 4.08. The van der Waals surface area contributed by atoms with E-state index in [1.807, 2.05) is 0 Å². The van der Waals surface area contributed by atoms with Gasteiger partial charge in [0.2, 0.25) is 0 Å². The average molecular weight is 141 g/mol. The second-order valence-electron chi connectivity index (χ2n) is 2.90. The molecule has 0 amide bonds. The lowest BCUT2D eigenvalue weighted by molar-refractivity contribution is 0.636. The molecule has 1 nitrogen and oxygen atoms in total. The lowest BCUT2D eigenvalue weighted by Crippen LogP contribution is -2.09. The first kappa shape index (κ1) is 9.54. The summed E-state index contributed by atoms with van der Waals surface area (Å²) in [6.45, 7) is 8.60. The van der Waals surface area contributed by atoms with Gasteiger partial charge in [-0.1, -0.05) is 26.3 Å². The number of rotatable bonds is 3. The molecule has 0 aromatic heterocycles. The van der Waals surface area contributed by atoms with Gasteiger partial charge in [-0.2, -0.15) is 0 Å². The van der Waals surface area contributed by atoms with E-state index < -0.39 is 0 Å². The van der Waals surface area contributed by atoms with Crippen molar-refractivity contribution in [1.29, 1.82) is 0 Å². The third kappa shape index (κ3) is 2.42. The molecular formula is C9H19N. The summed E-state index contributed by atoms with van der Waals surface area (Å²) in [6, 6.07) is 0. The SMILES string of the molecule is CC/C(C)=C(\N)C(C)CC. The molecule has 1 heteroatoms. The van der Waals surface area contributed by atoms with Crippen LogP contribution in [0.3, 0.4) is 0 Å². The first-order valence-corrected chi connectivity index (χ1v) is 4.08. The number of nitrogens with two attached hydrogens (primary N) is 1. The van der Waals surface area contributed by atoms with Crippen molar-refractivity contribution in [3.63, 3.8) is 0 Å². The lowest BCUT2D eigenvalue weighted by atomic mass is 10.0. The molecular weight excluding hydrogens is 122 g/mol. The van der Waals surface area contributed by atoms with Crippen LogP contribution in [0.25, 0.3) is 0 Å². The summed E-state index contributed by atoms with van der Waals surface area (Å²) in [5.41, 5.74) is 8.29. The fourth-order valence-electron chi connectivity index (χ4n) is 0.845. The van der Waals surface area contributed by atoms with E-state index in [2.05, 4.69) is 27.7 Å². The lowest BCUT2D eigenvalue weighted by Gasteiger charge is -2.11. The predicted octanol–water partition coefficient (Wildman–Crippen LogP) is 2.68. The molecule has 0 bridgehead atoms. The molecule has 2 N–H and O–H groups in total. The van der Waals surface area contributed by atoms with Crippen molar-refractivity contribution in [1.82, 2.24) is 0 Å². The Kier molecular flexibility index (Phi) is 4.17. The zero-order valence-electron chi connectivity index (χ0n) is 7.57. The Morgan fingerprint density at radius 3 is 2.20 bits per heavy atom. The van der Waals surface area contributed by atoms with Crippen molar-refractivity contribution in [2.75, 3.05) is 0 Å². The fraction of sp³-hybridized carbons (Fsp3) is 0.778. The van der Waals surface area contributed by atoms with E-state index in [0.29, 0.717) is 5.92 Å². The largest absolute Gasteiger partial charge is 0.402 e. The molecule has 0 spiro atoms. The summed E-state index contributed by atoms with van der Waals surface area (Å²) in [5, 5.41) is 0. The molecule has 60 valence electrons. The van der Waals surface area contributed by atoms with E-state index in [1.165, 1.54) is 5.57 Å². The van der Waals surface area contributed by atoms with Crippen LogP contribution >= 0.6 is 0 Å². The Bertz CT molecular complexity index is 125. The van der Waals surface area contributed by atoms with Crippen LogP contribution in [-0.2, 0) is 0 Å². The van der Waals surface area contributed by atoms with Gasteiger partial charge < -0.3 is 5.73 Å². The molecule has 0 heterocycles. The molecule has 0 aromatic rings. The van der Waals surface area contributed by atoms with Crippen LogP contribution in [0.1, 0.15) is 40.5 Å². The third-order valence-electron chi connectivity index (χ3n) is 2.17. The molecule has 0 radical (unpaired) electrons. The van der Waals surface area contributed by atoms with Crippen molar-refractivity contribution in [3.8, 4) is 0 Å². The Morgan fingerprint density at radius 1 is 1.40 bits per heavy atom. The van der Waals surface area contributed by atoms with Crippen LogP contribution in [0.15, 0.2) is 11.3 Å². The molecule has 0 fully saturated rings. The summed E-state index contributed by atoms with van der Waals surface area (Å²) < 4.78 is 0. The second-order valence-corrected chi connectivity index (χ2v) is 2.90. The molecule has 1 unspecified atom stereocenters. The summed E-state index contributed by atoms with van der Waals surface area (Å²) >= 11 is 0. The first-order chi connectivity index (χ1) is 4.63. The summed E-state index contributed by atoms with van der Waals surface area (Å²) in [5.74, 6) is 0.556. The highest BCUT2D eigenvalue weighted by molar-refractivity contribution is 5.10. The molecule has 1 atom stereocenters. The highest BCUT2D eigenvalue weighted by atomic mass is 14.6. The summed E-state index contributed by atoms with van der Waals surface area (Å²) in [7, 11) is 0. The fourth-order valence-corrected chi connectivity index (χ4v) is 0.845. The molecule has 0 rings (SSSR count). The predicted molar refractivity (Wildman–Crippen MR) is 46.6 cm³/mol. The van der Waals surface area contributed by atoms with Crippen LogP contribution in [0.4, 0.5) is 0 Å². The van der Waals surface area contributed by atoms with E-state index in [4.69, 9.17) is 5.73 Å². The highest BCUT2D eigenvalue weighted by Crippen LogP contribution is 2.14. The van der Waals surface area contributed by atoms with Gasteiger partial charge in [-0.25, -0.2) is 0 Å². The summed E-state index contributed by atoms with van der Waals surface area (Å²) in [4.78, 5) is 0. The Hall–Kier alpha value is -0.460. The van der Waals surface area contributed by atoms with Crippen molar-refractivity contribution in [3.05, 3.63) is 11.3 Å². The van der Waals surface area contributed by atoms with Gasteiger partial charge >= 0.3 is 0 Å². The van der Waals surface area contributed by atoms with Gasteiger partial charge in [0.25, 0.3) is 0 Å². The summed E-state index contributed by atoms with van der Waals surface area (Å²) in [6.07, 6.45) is 2.22. The second kappa shape index (κ2) is 4.37. The topological polar surface area (TPSA) is 26.0 Å². The minimum Gasteiger partial charge on any atom is -0.402 e. The third-order valence-corrected chi connectivity index (χ3v) is 2.17. The Balaban J connectivity index is 4.15. The average Bonchev–Trinajstić information content (AvgIpc) is 2.00. The van der Waals surface area contributed by atoms with Crippen LogP contribution in [-0.4, -0.2) is 0 Å². The monoisotopic (exact) mass is 141 g/mol. The van der Waals surface area contributed by atoms with Gasteiger partial charge in [-0.05, 0) is 25.7 Å². The van der Waals surface area contributed by atoms with Gasteiger partial charge in [0, 0.05) is 5.70 Å². The van der Waals surface area contributed by atoms with E-state index in [9.17, 15) is 0 Å². The molecule has 0 aliphatic rings. The minimum absolute atomic E-state index is 0.556. The quantitative estimate of drug-likeness (QED) is 0.642. The molecule has 0 aliphatic carbocycles. The Labute approximate surface area is 64.3 Å². The van der Waals surface area contributed by atoms with E-state index in [-0.39, 0.29) is 0 Å². The Morgan fingerprint density at radius 2 is 1.90 bits per heavy atom. The number of allylic oxidation sites excluding steroid dienone is 2. The highest BCUT2D eigenvalue weighted by Gasteiger charge is 2.03. The molecule has 0 aromatic carbocycles. The van der Waals surface area contributed by atoms with Crippen molar-refractivity contribution in [2.24, 2.45) is 11.7 Å². The maximum absolute atomic E-state index is 5.86. The van der Waals surface area contributed by atoms with Crippen LogP contribution in [0.2, 0.25) is 0 Å². The smallest absolute Gasteiger partial charge is 0.00980 e. The zero-order chi connectivity index (χ0) is 8.15. The molecule has 0 saturated heterocycles. The number of hydrogen-bond donors (Lipinski definition) is 1. The van der Waals surface area contributed by atoms with Crippen LogP contribution < -0.4 is 5.73 Å². The van der Waals surface area contributed by atoms with Gasteiger partial charge in [-0.3, -0.25) is 0 Å². The van der Waals surface area contributed by atoms with E-state index >= 15 is 0 Å². The van der Waals surface area contributed by atoms with Crippen LogP contribution in [0.5, 0.6) is 0 Å². The maximum Gasteiger partial charge on any atom is 0.00980 e. The standard InChI is InChI=1S/C9H19N/c1-5-7(3)9(10)8(4)6-2/h7H,5-6,10H2,1-4H3/b9-8-. The zero-order valence-corrected chi connectivity index (χ0v) is 7.57. The van der Waals surface area contributed by atoms with E-state index in [0.717, 1.165) is 18.5 Å². The minimum atomic E-state index is 0.556. The molecule has 10 heavy (non-hydrogen) atoms. The van der Waals surface area contributed by atoms with E-state index in [1.54, 1.807) is 0 Å². The van der Waals surface area contributed by atoms with Crippen molar-refractivity contribution < 1.29 is 0 Å². The van der Waals surface area contributed by atoms with Crippen molar-refractivity contribution >= 4 is 0 Å². The van der Waals surface area contributed by atoms with Gasteiger partial charge in [0.1, 0.15) is 0 Å². The van der Waals surface area contributed by atoms with Gasteiger partial charge in [0.05, 0.1) is 0 Å². The maximum atomic E-state index is 5.86. The van der Waals surface area contributed by atoms with Crippen LogP contribution in [0, 0.1) is 5.92 Å². The normalized spacial score (nSPS) is 16.4. The van der Waals surface area contributed by atoms with Gasteiger partial charge in [0.15, 0.2) is 0 Å².